The maximum Gasteiger partial charge on any atom is 0.196 e. The molecule has 0 aromatic heterocycles. The summed E-state index contributed by atoms with van der Waals surface area (Å²) in [5.74, 6) is 1.42. The van der Waals surface area contributed by atoms with Gasteiger partial charge in [0, 0.05) is 5.56 Å². The zero-order valence-corrected chi connectivity index (χ0v) is 16.1. The van der Waals surface area contributed by atoms with Gasteiger partial charge in [0.1, 0.15) is 18.0 Å². The van der Waals surface area contributed by atoms with Gasteiger partial charge in [0.05, 0.1) is 38.4 Å². The number of carbonyl (C=O) groups is 1. The van der Waals surface area contributed by atoms with Gasteiger partial charge in [-0.1, -0.05) is 30.3 Å². The average molecular weight is 376 g/mol. The van der Waals surface area contributed by atoms with Crippen LogP contribution in [0.5, 0.6) is 11.5 Å². The summed E-state index contributed by atoms with van der Waals surface area (Å²) in [7, 11) is 3.30. The van der Waals surface area contributed by atoms with Crippen molar-refractivity contribution in [1.29, 1.82) is 0 Å². The molecular formula is C21H26ClNO3. The van der Waals surface area contributed by atoms with Crippen molar-refractivity contribution < 1.29 is 31.6 Å². The van der Waals surface area contributed by atoms with E-state index in [1.807, 2.05) is 42.5 Å². The predicted octanol–water partition coefficient (Wildman–Crippen LogP) is -0.492. The SMILES string of the molecule is COc1ccc(C(=O)c2ccccc2)c(OC)c1C[NH+]1CCCCC1.[Cl-]. The quantitative estimate of drug-likeness (QED) is 0.692. The topological polar surface area (TPSA) is 40.0 Å². The number of carbonyl (C=O) groups excluding carboxylic acids is 1. The van der Waals surface area contributed by atoms with E-state index in [0.717, 1.165) is 30.9 Å². The summed E-state index contributed by atoms with van der Waals surface area (Å²) in [6.45, 7) is 3.13. The number of hydrogen-bond acceptors (Lipinski definition) is 3. The highest BCUT2D eigenvalue weighted by molar-refractivity contribution is 6.11. The smallest absolute Gasteiger partial charge is 0.196 e. The largest absolute Gasteiger partial charge is 1.00 e. The molecule has 1 heterocycles. The number of methoxy groups -OCH3 is 2. The highest BCUT2D eigenvalue weighted by Crippen LogP contribution is 2.33. The Morgan fingerprint density at radius 2 is 1.65 bits per heavy atom. The molecule has 0 spiro atoms. The number of ether oxygens (including phenoxy) is 2. The van der Waals surface area contributed by atoms with Crippen LogP contribution in [0, 0.1) is 0 Å². The fourth-order valence-electron chi connectivity index (χ4n) is 3.60. The molecule has 0 amide bonds. The average Bonchev–Trinajstić information content (AvgIpc) is 2.68. The lowest BCUT2D eigenvalue weighted by Crippen LogP contribution is -3.11. The van der Waals surface area contributed by atoms with Crippen LogP contribution in [0.25, 0.3) is 0 Å². The molecule has 1 saturated heterocycles. The van der Waals surface area contributed by atoms with E-state index in [0.29, 0.717) is 16.9 Å². The summed E-state index contributed by atoms with van der Waals surface area (Å²) in [4.78, 5) is 14.5. The van der Waals surface area contributed by atoms with E-state index in [-0.39, 0.29) is 18.2 Å². The van der Waals surface area contributed by atoms with Crippen molar-refractivity contribution in [2.24, 2.45) is 0 Å². The van der Waals surface area contributed by atoms with Crippen molar-refractivity contribution in [3.05, 3.63) is 59.2 Å². The molecule has 2 aromatic rings. The van der Waals surface area contributed by atoms with E-state index in [9.17, 15) is 4.79 Å². The lowest BCUT2D eigenvalue weighted by atomic mass is 9.98. The summed E-state index contributed by atoms with van der Waals surface area (Å²) in [6, 6.07) is 13.0. The van der Waals surface area contributed by atoms with Crippen molar-refractivity contribution in [3.63, 3.8) is 0 Å². The summed E-state index contributed by atoms with van der Waals surface area (Å²) in [5, 5.41) is 0. The minimum Gasteiger partial charge on any atom is -1.00 e. The first-order valence-electron chi connectivity index (χ1n) is 8.91. The van der Waals surface area contributed by atoms with Crippen LogP contribution in [0.2, 0.25) is 0 Å². The fraction of sp³-hybridized carbons (Fsp3) is 0.381. The molecule has 2 aromatic carbocycles. The summed E-state index contributed by atoms with van der Waals surface area (Å²) < 4.78 is 11.3. The van der Waals surface area contributed by atoms with Gasteiger partial charge in [0.25, 0.3) is 0 Å². The van der Waals surface area contributed by atoms with Gasteiger partial charge in [0.2, 0.25) is 0 Å². The summed E-state index contributed by atoms with van der Waals surface area (Å²) >= 11 is 0. The molecule has 0 radical (unpaired) electrons. The highest BCUT2D eigenvalue weighted by atomic mass is 35.5. The Kier molecular flexibility index (Phi) is 7.49. The number of piperidine rings is 1. The molecule has 0 unspecified atom stereocenters. The Hall–Kier alpha value is -2.04. The van der Waals surface area contributed by atoms with Gasteiger partial charge in [-0.05, 0) is 31.4 Å². The van der Waals surface area contributed by atoms with Crippen LogP contribution in [-0.4, -0.2) is 33.1 Å². The normalized spacial score (nSPS) is 14.4. The van der Waals surface area contributed by atoms with Crippen LogP contribution in [0.15, 0.2) is 42.5 Å². The molecule has 1 aliphatic rings. The second-order valence-electron chi connectivity index (χ2n) is 6.51. The fourth-order valence-corrected chi connectivity index (χ4v) is 3.60. The van der Waals surface area contributed by atoms with E-state index in [2.05, 4.69) is 0 Å². The van der Waals surface area contributed by atoms with Crippen molar-refractivity contribution >= 4 is 5.78 Å². The molecule has 26 heavy (non-hydrogen) atoms. The zero-order valence-electron chi connectivity index (χ0n) is 15.4. The first kappa shape index (κ1) is 20.3. The van der Waals surface area contributed by atoms with E-state index in [1.54, 1.807) is 14.2 Å². The Labute approximate surface area is 161 Å². The predicted molar refractivity (Wildman–Crippen MR) is 97.7 cm³/mol. The second-order valence-corrected chi connectivity index (χ2v) is 6.51. The van der Waals surface area contributed by atoms with Gasteiger partial charge in [-0.3, -0.25) is 4.79 Å². The molecule has 1 N–H and O–H groups in total. The minimum absolute atomic E-state index is 0. The summed E-state index contributed by atoms with van der Waals surface area (Å²) in [5.41, 5.74) is 2.26. The van der Waals surface area contributed by atoms with Crippen molar-refractivity contribution in [2.75, 3.05) is 27.3 Å². The van der Waals surface area contributed by atoms with Gasteiger partial charge in [-0.15, -0.1) is 0 Å². The van der Waals surface area contributed by atoms with Crippen LogP contribution in [0.3, 0.4) is 0 Å². The molecule has 4 nitrogen and oxygen atoms in total. The maximum absolute atomic E-state index is 12.9. The Morgan fingerprint density at radius 3 is 2.27 bits per heavy atom. The maximum atomic E-state index is 12.9. The van der Waals surface area contributed by atoms with E-state index in [1.165, 1.54) is 24.2 Å². The van der Waals surface area contributed by atoms with Gasteiger partial charge >= 0.3 is 0 Å². The molecule has 140 valence electrons. The Bertz CT molecular complexity index is 728. The third kappa shape index (κ3) is 4.37. The molecular weight excluding hydrogens is 350 g/mol. The molecule has 3 rings (SSSR count). The van der Waals surface area contributed by atoms with Crippen molar-refractivity contribution in [2.45, 2.75) is 25.8 Å². The van der Waals surface area contributed by atoms with Crippen molar-refractivity contribution in [3.8, 4) is 11.5 Å². The molecule has 0 bridgehead atoms. The lowest BCUT2D eigenvalue weighted by molar-refractivity contribution is -0.918. The second kappa shape index (κ2) is 9.60. The van der Waals surface area contributed by atoms with Crippen LogP contribution in [0.1, 0.15) is 40.7 Å². The number of halogens is 1. The number of hydrogen-bond donors (Lipinski definition) is 1. The van der Waals surface area contributed by atoms with Crippen LogP contribution < -0.4 is 26.8 Å². The Morgan fingerprint density at radius 1 is 0.962 bits per heavy atom. The number of ketones is 1. The van der Waals surface area contributed by atoms with E-state index in [4.69, 9.17) is 9.47 Å². The van der Waals surface area contributed by atoms with Crippen LogP contribution in [-0.2, 0) is 6.54 Å². The number of benzene rings is 2. The van der Waals surface area contributed by atoms with E-state index >= 15 is 0 Å². The monoisotopic (exact) mass is 375 g/mol. The number of rotatable bonds is 6. The lowest BCUT2D eigenvalue weighted by Gasteiger charge is -2.25. The molecule has 0 aliphatic carbocycles. The molecule has 1 aliphatic heterocycles. The standard InChI is InChI=1S/C21H25NO3.ClH/c1-24-19-12-11-17(20(23)16-9-5-3-6-10-16)21(25-2)18(19)15-22-13-7-4-8-14-22;/h3,5-6,9-12H,4,7-8,13-15H2,1-2H3;1H. The number of nitrogens with one attached hydrogen (secondary N) is 1. The first-order chi connectivity index (χ1) is 12.2. The number of quaternary nitrogens is 1. The molecule has 1 fully saturated rings. The van der Waals surface area contributed by atoms with Gasteiger partial charge in [-0.25, -0.2) is 0 Å². The van der Waals surface area contributed by atoms with Crippen LogP contribution >= 0.6 is 0 Å². The molecule has 5 heteroatoms. The van der Waals surface area contributed by atoms with Crippen LogP contribution in [0.4, 0.5) is 0 Å². The zero-order chi connectivity index (χ0) is 17.6. The third-order valence-electron chi connectivity index (χ3n) is 4.91. The van der Waals surface area contributed by atoms with Gasteiger partial charge in [-0.2, -0.15) is 0 Å². The van der Waals surface area contributed by atoms with Crippen molar-refractivity contribution in [1.82, 2.24) is 0 Å². The van der Waals surface area contributed by atoms with Gasteiger partial charge in [0.15, 0.2) is 5.78 Å². The molecule has 0 saturated carbocycles. The Balaban J connectivity index is 0.00000243. The first-order valence-corrected chi connectivity index (χ1v) is 8.91. The van der Waals surface area contributed by atoms with Gasteiger partial charge < -0.3 is 26.8 Å². The third-order valence-corrected chi connectivity index (χ3v) is 4.91. The number of likely N-dealkylation sites (tertiary alicyclic amines) is 1. The summed E-state index contributed by atoms with van der Waals surface area (Å²) in [6.07, 6.45) is 3.81. The molecule has 0 atom stereocenters. The minimum atomic E-state index is -0.0185. The highest BCUT2D eigenvalue weighted by Gasteiger charge is 2.24. The van der Waals surface area contributed by atoms with E-state index < -0.39 is 0 Å².